The molecule has 1 radical (unpaired) electrons. The van der Waals surface area contributed by atoms with Crippen molar-refractivity contribution in [2.24, 2.45) is 0 Å². The molecule has 0 heterocycles. The van der Waals surface area contributed by atoms with Crippen molar-refractivity contribution in [2.75, 3.05) is 0 Å². The van der Waals surface area contributed by atoms with Crippen molar-refractivity contribution in [3.05, 3.63) is 23.4 Å². The summed E-state index contributed by atoms with van der Waals surface area (Å²) in [4.78, 5) is 0. The first kappa shape index (κ1) is 21.4. The molecule has 0 aromatic carbocycles. The zero-order chi connectivity index (χ0) is 9.41. The molecular weight excluding hydrogens is 322 g/mol. The molecule has 0 aromatic heterocycles. The molecular formula is C11H19Cl2SiZr. The van der Waals surface area contributed by atoms with Gasteiger partial charge in [-0.25, -0.2) is 11.3 Å². The Kier molecular flexibility index (Phi) is 10.7. The molecule has 0 aliphatic heterocycles. The van der Waals surface area contributed by atoms with Gasteiger partial charge in [0.2, 0.25) is 0 Å². The predicted octanol–water partition coefficient (Wildman–Crippen LogP) is -2.27. The fraction of sp³-hybridized carbons (Fsp3) is 0.636. The van der Waals surface area contributed by atoms with Gasteiger partial charge in [0, 0.05) is 8.07 Å². The van der Waals surface area contributed by atoms with Gasteiger partial charge in [0.25, 0.3) is 0 Å². The fourth-order valence-electron chi connectivity index (χ4n) is 1.24. The molecule has 0 amide bonds. The van der Waals surface area contributed by atoms with Crippen LogP contribution in [-0.4, -0.2) is 8.07 Å². The van der Waals surface area contributed by atoms with Crippen LogP contribution in [0.5, 0.6) is 0 Å². The predicted molar refractivity (Wildman–Crippen MR) is 57.7 cm³/mol. The van der Waals surface area contributed by atoms with E-state index in [0.717, 1.165) is 6.42 Å². The number of rotatable bonds is 1. The van der Waals surface area contributed by atoms with Gasteiger partial charge in [0.15, 0.2) is 0 Å². The third-order valence-corrected chi connectivity index (χ3v) is 8.68. The van der Waals surface area contributed by atoms with Crippen LogP contribution in [0, 0.1) is 6.08 Å². The van der Waals surface area contributed by atoms with Crippen molar-refractivity contribution in [3.8, 4) is 0 Å². The first-order valence-corrected chi connectivity index (χ1v) is 7.63. The van der Waals surface area contributed by atoms with Crippen LogP contribution in [0.15, 0.2) is 17.3 Å². The van der Waals surface area contributed by atoms with Gasteiger partial charge in [-0.05, 0) is 5.04 Å². The molecule has 1 aliphatic carbocycles. The Balaban J connectivity index is -0.000000480. The third kappa shape index (κ3) is 4.89. The van der Waals surface area contributed by atoms with Gasteiger partial charge in [0.1, 0.15) is 0 Å². The van der Waals surface area contributed by atoms with Gasteiger partial charge >= 0.3 is 26.2 Å². The fourth-order valence-corrected chi connectivity index (χ4v) is 3.12. The van der Waals surface area contributed by atoms with Crippen LogP contribution in [0.4, 0.5) is 0 Å². The zero-order valence-electron chi connectivity index (χ0n) is 10.1. The Labute approximate surface area is 127 Å². The summed E-state index contributed by atoms with van der Waals surface area (Å²) in [5.41, 5.74) is 0. The van der Waals surface area contributed by atoms with Crippen LogP contribution >= 0.6 is 0 Å². The van der Waals surface area contributed by atoms with E-state index in [-0.39, 0.29) is 51.0 Å². The van der Waals surface area contributed by atoms with Crippen molar-refractivity contribution < 1.29 is 51.0 Å². The molecule has 4 heteroatoms. The monoisotopic (exact) mass is 339 g/mol. The van der Waals surface area contributed by atoms with Crippen molar-refractivity contribution in [1.82, 2.24) is 0 Å². The molecule has 0 nitrogen and oxygen atoms in total. The SMILES string of the molecule is CC(C)(C)[Si](C)(C)C1=[C-]CC=C1.[Cl-].[Cl-].[Zr+3]. The van der Waals surface area contributed by atoms with Crippen molar-refractivity contribution in [2.45, 2.75) is 45.3 Å². The normalized spacial score (nSPS) is 14.6. The van der Waals surface area contributed by atoms with Crippen LogP contribution in [0.25, 0.3) is 0 Å². The van der Waals surface area contributed by atoms with E-state index in [4.69, 9.17) is 0 Å². The molecule has 85 valence electrons. The second-order valence-corrected chi connectivity index (χ2v) is 10.4. The summed E-state index contributed by atoms with van der Waals surface area (Å²) in [5.74, 6) is 0. The Morgan fingerprint density at radius 2 is 1.67 bits per heavy atom. The van der Waals surface area contributed by atoms with E-state index >= 15 is 0 Å². The molecule has 1 aliphatic rings. The summed E-state index contributed by atoms with van der Waals surface area (Å²) in [7, 11) is -1.25. The maximum absolute atomic E-state index is 3.47. The van der Waals surface area contributed by atoms with E-state index in [9.17, 15) is 0 Å². The minimum atomic E-state index is -1.25. The van der Waals surface area contributed by atoms with E-state index < -0.39 is 8.07 Å². The largest absolute Gasteiger partial charge is 3.00 e. The molecule has 0 aromatic rings. The molecule has 0 fully saturated rings. The summed E-state index contributed by atoms with van der Waals surface area (Å²) in [6, 6.07) is 0. The molecule has 0 spiro atoms. The van der Waals surface area contributed by atoms with E-state index in [2.05, 4.69) is 52.1 Å². The average Bonchev–Trinajstić information content (AvgIpc) is 2.34. The maximum atomic E-state index is 3.47. The van der Waals surface area contributed by atoms with Crippen LogP contribution in [0.2, 0.25) is 18.1 Å². The topological polar surface area (TPSA) is 0 Å². The molecule has 0 saturated heterocycles. The van der Waals surface area contributed by atoms with Crippen LogP contribution in [-0.2, 0) is 26.2 Å². The number of hydrogen-bond acceptors (Lipinski definition) is 0. The Hall–Kier alpha value is 1.16. The summed E-state index contributed by atoms with van der Waals surface area (Å²) in [5, 5.41) is 1.96. The number of allylic oxidation sites excluding steroid dienone is 4. The van der Waals surface area contributed by atoms with Crippen LogP contribution < -0.4 is 24.8 Å². The minimum Gasteiger partial charge on any atom is -1.00 e. The third-order valence-electron chi connectivity index (χ3n) is 3.24. The molecule has 0 saturated carbocycles. The minimum absolute atomic E-state index is 0. The summed E-state index contributed by atoms with van der Waals surface area (Å²) in [6.45, 7) is 11.9. The van der Waals surface area contributed by atoms with Crippen molar-refractivity contribution in [3.63, 3.8) is 0 Å². The standard InChI is InChI=1S/C11H19Si.2ClH.Zr/c1-11(2,3)12(4,5)10-8-6-7-9-10;;;/h6,8H,7H2,1-5H3;2*1H;/q-1;;;+3/p-2. The van der Waals surface area contributed by atoms with Crippen molar-refractivity contribution >= 4 is 8.07 Å². The second-order valence-electron chi connectivity index (χ2n) is 5.07. The van der Waals surface area contributed by atoms with Gasteiger partial charge in [0.05, 0.1) is 0 Å². The summed E-state index contributed by atoms with van der Waals surface area (Å²) in [6.07, 6.45) is 8.99. The molecule has 0 atom stereocenters. The molecule has 0 N–H and O–H groups in total. The molecule has 0 bridgehead atoms. The summed E-state index contributed by atoms with van der Waals surface area (Å²) >= 11 is 0. The Morgan fingerprint density at radius 3 is 1.93 bits per heavy atom. The first-order valence-electron chi connectivity index (χ1n) is 4.63. The second kappa shape index (κ2) is 7.48. The zero-order valence-corrected chi connectivity index (χ0v) is 15.1. The van der Waals surface area contributed by atoms with Gasteiger partial charge in [-0.1, -0.05) is 33.9 Å². The molecule has 0 unspecified atom stereocenters. The van der Waals surface area contributed by atoms with Gasteiger partial charge in [-0.2, -0.15) is 6.08 Å². The average molecular weight is 341 g/mol. The van der Waals surface area contributed by atoms with E-state index in [1.165, 1.54) is 5.20 Å². The Morgan fingerprint density at radius 1 is 1.20 bits per heavy atom. The van der Waals surface area contributed by atoms with Gasteiger partial charge < -0.3 is 24.8 Å². The molecule has 1 rings (SSSR count). The van der Waals surface area contributed by atoms with Gasteiger partial charge in [-0.3, -0.25) is 6.08 Å². The Bertz CT molecular complexity index is 239. The van der Waals surface area contributed by atoms with E-state index in [1.54, 1.807) is 0 Å². The summed E-state index contributed by atoms with van der Waals surface area (Å²) < 4.78 is 0. The molecule has 15 heavy (non-hydrogen) atoms. The van der Waals surface area contributed by atoms with Crippen LogP contribution in [0.1, 0.15) is 27.2 Å². The smallest absolute Gasteiger partial charge is 1.00 e. The number of halogens is 2. The maximum Gasteiger partial charge on any atom is 3.00 e. The van der Waals surface area contributed by atoms with E-state index in [1.807, 2.05) is 0 Å². The number of hydrogen-bond donors (Lipinski definition) is 0. The van der Waals surface area contributed by atoms with E-state index in [0.29, 0.717) is 5.04 Å². The van der Waals surface area contributed by atoms with Gasteiger partial charge in [-0.15, -0.1) is 6.42 Å². The van der Waals surface area contributed by atoms with Crippen molar-refractivity contribution in [1.29, 1.82) is 0 Å². The van der Waals surface area contributed by atoms with Crippen LogP contribution in [0.3, 0.4) is 0 Å². The first-order chi connectivity index (χ1) is 5.36. The quantitative estimate of drug-likeness (QED) is 0.373.